The molecule has 1 N–H and O–H groups in total. The SMILES string of the molecule is Cc1ncsc1-c1ccc(C(C)NC(=O)C2CCCN2C(=O)C(c2cc(N3CCN(C(=O)OC(C)(C)C)CC3)no2)C(C)C)cc1. The van der Waals surface area contributed by atoms with Crippen LogP contribution in [0.5, 0.6) is 0 Å². The molecule has 3 amide bonds. The Morgan fingerprint density at radius 1 is 1.04 bits per heavy atom. The molecule has 12 heteroatoms. The van der Waals surface area contributed by atoms with E-state index in [1.807, 2.05) is 77.1 Å². The minimum absolute atomic E-state index is 0.0683. The van der Waals surface area contributed by atoms with Crippen molar-refractivity contribution in [2.75, 3.05) is 37.6 Å². The van der Waals surface area contributed by atoms with Crippen molar-refractivity contribution in [3.05, 3.63) is 52.9 Å². The number of hydrogen-bond donors (Lipinski definition) is 1. The van der Waals surface area contributed by atoms with E-state index in [1.54, 1.807) is 21.1 Å². The van der Waals surface area contributed by atoms with Gasteiger partial charge in [0.1, 0.15) is 17.6 Å². The number of anilines is 1. The number of likely N-dealkylation sites (tertiary alicyclic amines) is 1. The molecule has 0 bridgehead atoms. The molecule has 3 atom stereocenters. The van der Waals surface area contributed by atoms with E-state index in [2.05, 4.69) is 27.6 Å². The Kier molecular flexibility index (Phi) is 10.0. The Balaban J connectivity index is 1.21. The third-order valence-electron chi connectivity index (χ3n) is 8.63. The molecule has 2 aliphatic heterocycles. The van der Waals surface area contributed by atoms with Crippen LogP contribution < -0.4 is 10.2 Å². The number of aryl methyl sites for hydroxylation is 1. The van der Waals surface area contributed by atoms with E-state index in [-0.39, 0.29) is 29.9 Å². The smallest absolute Gasteiger partial charge is 0.410 e. The van der Waals surface area contributed by atoms with Crippen LogP contribution in [0.15, 0.2) is 40.4 Å². The van der Waals surface area contributed by atoms with Crippen LogP contribution in [-0.4, -0.2) is 82.2 Å². The van der Waals surface area contributed by atoms with Gasteiger partial charge in [0.15, 0.2) is 11.6 Å². The molecule has 248 valence electrons. The Morgan fingerprint density at radius 2 is 1.74 bits per heavy atom. The summed E-state index contributed by atoms with van der Waals surface area (Å²) < 4.78 is 11.3. The lowest BCUT2D eigenvalue weighted by Gasteiger charge is -2.35. The molecular weight excluding hydrogens is 604 g/mol. The lowest BCUT2D eigenvalue weighted by molar-refractivity contribution is -0.141. The van der Waals surface area contributed by atoms with Gasteiger partial charge in [0.25, 0.3) is 0 Å². The van der Waals surface area contributed by atoms with Crippen molar-refractivity contribution >= 4 is 35.1 Å². The quantitative estimate of drug-likeness (QED) is 0.326. The number of aromatic nitrogens is 2. The second-order valence-corrected chi connectivity index (χ2v) is 14.4. The van der Waals surface area contributed by atoms with Crippen molar-refractivity contribution in [1.82, 2.24) is 25.3 Å². The summed E-state index contributed by atoms with van der Waals surface area (Å²) in [6, 6.07) is 9.26. The van der Waals surface area contributed by atoms with Crippen LogP contribution >= 0.6 is 11.3 Å². The number of carbonyl (C=O) groups excluding carboxylic acids is 3. The maximum atomic E-state index is 14.0. The molecule has 0 saturated carbocycles. The average molecular weight is 651 g/mol. The molecule has 5 rings (SSSR count). The van der Waals surface area contributed by atoms with Crippen molar-refractivity contribution in [3.63, 3.8) is 0 Å². The van der Waals surface area contributed by atoms with Crippen LogP contribution in [0.3, 0.4) is 0 Å². The summed E-state index contributed by atoms with van der Waals surface area (Å²) in [6.45, 7) is 16.2. The molecule has 2 aromatic heterocycles. The highest BCUT2D eigenvalue weighted by Crippen LogP contribution is 2.33. The minimum atomic E-state index is -0.571. The first-order valence-electron chi connectivity index (χ1n) is 16.1. The summed E-state index contributed by atoms with van der Waals surface area (Å²) in [7, 11) is 0. The van der Waals surface area contributed by atoms with Crippen molar-refractivity contribution < 1.29 is 23.6 Å². The monoisotopic (exact) mass is 650 g/mol. The molecule has 2 saturated heterocycles. The maximum absolute atomic E-state index is 14.0. The number of piperazine rings is 1. The van der Waals surface area contributed by atoms with E-state index in [9.17, 15) is 14.4 Å². The predicted molar refractivity (Wildman–Crippen MR) is 178 cm³/mol. The summed E-state index contributed by atoms with van der Waals surface area (Å²) in [5.41, 5.74) is 4.40. The molecule has 1 aromatic carbocycles. The summed E-state index contributed by atoms with van der Waals surface area (Å²) in [4.78, 5) is 51.0. The molecule has 0 radical (unpaired) electrons. The first-order chi connectivity index (χ1) is 21.8. The van der Waals surface area contributed by atoms with Crippen molar-refractivity contribution in [2.24, 2.45) is 5.92 Å². The van der Waals surface area contributed by atoms with Gasteiger partial charge >= 0.3 is 6.09 Å². The zero-order valence-corrected chi connectivity index (χ0v) is 28.7. The number of nitrogens with zero attached hydrogens (tertiary/aromatic N) is 5. The minimum Gasteiger partial charge on any atom is -0.444 e. The molecule has 46 heavy (non-hydrogen) atoms. The number of ether oxygens (including phenoxy) is 1. The third kappa shape index (κ3) is 7.54. The summed E-state index contributed by atoms with van der Waals surface area (Å²) in [5, 5.41) is 7.44. The fraction of sp³-hybridized carbons (Fsp3) is 0.559. The molecular formula is C34H46N6O5S. The summed E-state index contributed by atoms with van der Waals surface area (Å²) in [6.07, 6.45) is 1.05. The summed E-state index contributed by atoms with van der Waals surface area (Å²) >= 11 is 1.61. The molecule has 0 spiro atoms. The molecule has 2 aliphatic rings. The van der Waals surface area contributed by atoms with Crippen LogP contribution in [0.4, 0.5) is 10.6 Å². The fourth-order valence-corrected chi connectivity index (χ4v) is 6.94. The van der Waals surface area contributed by atoms with Gasteiger partial charge in [-0.15, -0.1) is 11.3 Å². The first-order valence-corrected chi connectivity index (χ1v) is 17.0. The van der Waals surface area contributed by atoms with E-state index >= 15 is 0 Å². The van der Waals surface area contributed by atoms with Gasteiger partial charge in [0.05, 0.1) is 22.1 Å². The van der Waals surface area contributed by atoms with E-state index in [0.717, 1.165) is 28.1 Å². The lowest BCUT2D eigenvalue weighted by Crippen LogP contribution is -2.50. The molecule has 4 heterocycles. The van der Waals surface area contributed by atoms with Crippen LogP contribution in [0.2, 0.25) is 0 Å². The van der Waals surface area contributed by atoms with Crippen molar-refractivity contribution in [3.8, 4) is 10.4 Å². The normalized spacial score (nSPS) is 18.5. The summed E-state index contributed by atoms with van der Waals surface area (Å²) in [5.74, 6) is 0.212. The topological polar surface area (TPSA) is 121 Å². The average Bonchev–Trinajstić information content (AvgIpc) is 3.78. The Morgan fingerprint density at radius 3 is 2.35 bits per heavy atom. The predicted octanol–water partition coefficient (Wildman–Crippen LogP) is 5.77. The highest BCUT2D eigenvalue weighted by molar-refractivity contribution is 7.13. The van der Waals surface area contributed by atoms with Gasteiger partial charge in [0.2, 0.25) is 11.8 Å². The fourth-order valence-electron chi connectivity index (χ4n) is 6.13. The van der Waals surface area contributed by atoms with Gasteiger partial charge in [-0.1, -0.05) is 43.3 Å². The Labute approximate surface area is 275 Å². The van der Waals surface area contributed by atoms with Gasteiger partial charge in [0, 0.05) is 38.8 Å². The molecule has 3 aromatic rings. The van der Waals surface area contributed by atoms with Gasteiger partial charge in [-0.3, -0.25) is 9.59 Å². The standard InChI is InChI=1S/C34H46N6O5S/c1-21(2)29(27-19-28(37-45-27)38-15-17-39(18-16-38)33(43)44-34(5,6)7)32(42)40-14-8-9-26(40)31(41)36-22(3)24-10-12-25(13-11-24)30-23(4)35-20-46-30/h10-13,19-22,26,29H,8-9,14-18H2,1-7H3,(H,36,41). The van der Waals surface area contributed by atoms with Crippen molar-refractivity contribution in [2.45, 2.75) is 84.9 Å². The van der Waals surface area contributed by atoms with Crippen LogP contribution in [0.25, 0.3) is 10.4 Å². The third-order valence-corrected chi connectivity index (χ3v) is 9.60. The number of benzene rings is 1. The van der Waals surface area contributed by atoms with Gasteiger partial charge in [-0.05, 0) is 64.5 Å². The van der Waals surface area contributed by atoms with Crippen molar-refractivity contribution in [1.29, 1.82) is 0 Å². The Bertz CT molecular complexity index is 1520. The Hall–Kier alpha value is -3.93. The number of nitrogens with one attached hydrogen (secondary N) is 1. The van der Waals surface area contributed by atoms with E-state index < -0.39 is 17.6 Å². The van der Waals surface area contributed by atoms with E-state index in [1.165, 1.54) is 0 Å². The maximum Gasteiger partial charge on any atom is 0.410 e. The first kappa shape index (κ1) is 33.4. The van der Waals surface area contributed by atoms with E-state index in [0.29, 0.717) is 50.7 Å². The highest BCUT2D eigenvalue weighted by atomic mass is 32.1. The number of hydrogen-bond acceptors (Lipinski definition) is 9. The molecule has 0 aliphatic carbocycles. The van der Waals surface area contributed by atoms with Gasteiger partial charge in [-0.25, -0.2) is 9.78 Å². The van der Waals surface area contributed by atoms with Crippen LogP contribution in [0.1, 0.15) is 83.4 Å². The zero-order chi connectivity index (χ0) is 33.2. The second kappa shape index (κ2) is 13.8. The molecule has 2 fully saturated rings. The molecule has 3 unspecified atom stereocenters. The number of rotatable bonds is 8. The highest BCUT2D eigenvalue weighted by Gasteiger charge is 2.40. The number of amides is 3. The number of carbonyl (C=O) groups is 3. The largest absolute Gasteiger partial charge is 0.444 e. The van der Waals surface area contributed by atoms with Gasteiger partial charge < -0.3 is 29.3 Å². The lowest BCUT2D eigenvalue weighted by atomic mass is 9.91. The molecule has 11 nitrogen and oxygen atoms in total. The second-order valence-electron chi connectivity index (χ2n) is 13.6. The van der Waals surface area contributed by atoms with E-state index in [4.69, 9.17) is 9.26 Å². The van der Waals surface area contributed by atoms with Crippen LogP contribution in [-0.2, 0) is 14.3 Å². The zero-order valence-electron chi connectivity index (χ0n) is 27.9. The number of thiazole rings is 1. The van der Waals surface area contributed by atoms with Gasteiger partial charge in [-0.2, -0.15) is 0 Å². The van der Waals surface area contributed by atoms with Crippen LogP contribution in [0, 0.1) is 12.8 Å².